The summed E-state index contributed by atoms with van der Waals surface area (Å²) in [6.07, 6.45) is 0.551. The number of benzene rings is 3. The Morgan fingerprint density at radius 1 is 1.03 bits per heavy atom. The maximum atomic E-state index is 12.7. The number of methoxy groups -OCH3 is 1. The van der Waals surface area contributed by atoms with Crippen molar-refractivity contribution in [2.75, 3.05) is 12.1 Å². The van der Waals surface area contributed by atoms with E-state index in [1.54, 1.807) is 25.3 Å². The smallest absolute Gasteiger partial charge is 0.345 e. The van der Waals surface area contributed by atoms with Gasteiger partial charge in [0.1, 0.15) is 17.1 Å². The van der Waals surface area contributed by atoms with Crippen LogP contribution in [-0.4, -0.2) is 17.9 Å². The summed E-state index contributed by atoms with van der Waals surface area (Å²) >= 11 is 0. The van der Waals surface area contributed by atoms with E-state index in [4.69, 9.17) is 14.3 Å². The Hall–Kier alpha value is -4.06. The lowest BCUT2D eigenvalue weighted by Gasteiger charge is -2.24. The summed E-state index contributed by atoms with van der Waals surface area (Å²) in [5.74, 6) is 0.837. The molecule has 0 aliphatic carbocycles. The summed E-state index contributed by atoms with van der Waals surface area (Å²) in [6, 6.07) is 24.2. The topological polar surface area (TPSA) is 75.3 Å². The second-order valence-electron chi connectivity index (χ2n) is 7.39. The van der Waals surface area contributed by atoms with Gasteiger partial charge in [-0.15, -0.1) is 0 Å². The Bertz CT molecular complexity index is 1330. The molecule has 0 saturated carbocycles. The highest BCUT2D eigenvalue weighted by molar-refractivity contribution is 6.04. The zero-order valence-corrected chi connectivity index (χ0v) is 16.9. The maximum Gasteiger partial charge on any atom is 0.345 e. The van der Waals surface area contributed by atoms with Crippen molar-refractivity contribution < 1.29 is 14.3 Å². The van der Waals surface area contributed by atoms with Gasteiger partial charge in [-0.2, -0.15) is 5.10 Å². The standard InChI is InChI=1S/C25H20N2O4/c1-30-20-11-8-16(9-12-20)23-15-22(26-27(23)18-5-3-2-4-6-18)21-13-17-7-10-19(28)14-24(17)31-25(21)29/h2-14,23,28H,15H2,1H3. The first-order valence-electron chi connectivity index (χ1n) is 9.95. The molecule has 0 saturated heterocycles. The molecule has 1 aliphatic heterocycles. The normalized spacial score (nSPS) is 15.8. The van der Waals surface area contributed by atoms with Gasteiger partial charge in [-0.1, -0.05) is 30.3 Å². The molecule has 0 bridgehead atoms. The van der Waals surface area contributed by atoms with Crippen LogP contribution in [0.2, 0.25) is 0 Å². The zero-order chi connectivity index (χ0) is 21.4. The van der Waals surface area contributed by atoms with Gasteiger partial charge in [0.15, 0.2) is 0 Å². The van der Waals surface area contributed by atoms with Gasteiger partial charge in [-0.05, 0) is 48.0 Å². The monoisotopic (exact) mass is 412 g/mol. The Labute approximate surface area is 178 Å². The Morgan fingerprint density at radius 2 is 1.81 bits per heavy atom. The van der Waals surface area contributed by atoms with Crippen LogP contribution in [0.15, 0.2) is 93.2 Å². The first-order chi connectivity index (χ1) is 15.1. The first-order valence-corrected chi connectivity index (χ1v) is 9.95. The average Bonchev–Trinajstić information content (AvgIpc) is 3.24. The van der Waals surface area contributed by atoms with Gasteiger partial charge in [-0.25, -0.2) is 4.79 Å². The summed E-state index contributed by atoms with van der Waals surface area (Å²) in [5, 5.41) is 17.2. The lowest BCUT2D eigenvalue weighted by molar-refractivity contribution is 0.414. The molecule has 1 unspecified atom stereocenters. The molecular formula is C25H20N2O4. The van der Waals surface area contributed by atoms with Gasteiger partial charge >= 0.3 is 5.63 Å². The summed E-state index contributed by atoms with van der Waals surface area (Å²) in [7, 11) is 1.64. The molecule has 6 heteroatoms. The van der Waals surface area contributed by atoms with Crippen LogP contribution in [0, 0.1) is 0 Å². The number of para-hydroxylation sites is 1. The molecule has 0 radical (unpaired) electrons. The van der Waals surface area contributed by atoms with Crippen LogP contribution in [0.25, 0.3) is 11.0 Å². The Morgan fingerprint density at radius 3 is 2.55 bits per heavy atom. The van der Waals surface area contributed by atoms with Crippen molar-refractivity contribution in [3.05, 3.63) is 100 Å². The molecule has 1 N–H and O–H groups in total. The number of rotatable bonds is 4. The predicted octanol–water partition coefficient (Wildman–Crippen LogP) is 4.86. The van der Waals surface area contributed by atoms with Crippen molar-refractivity contribution >= 4 is 22.4 Å². The minimum atomic E-state index is -0.472. The van der Waals surface area contributed by atoms with E-state index in [1.165, 1.54) is 6.07 Å². The number of ether oxygens (including phenoxy) is 1. The van der Waals surface area contributed by atoms with Crippen LogP contribution < -0.4 is 15.4 Å². The Balaban J connectivity index is 1.59. The summed E-state index contributed by atoms with van der Waals surface area (Å²) in [4.78, 5) is 12.7. The van der Waals surface area contributed by atoms with Crippen molar-refractivity contribution in [2.24, 2.45) is 5.10 Å². The molecule has 0 spiro atoms. The number of aromatic hydroxyl groups is 1. The zero-order valence-electron chi connectivity index (χ0n) is 16.9. The van der Waals surface area contributed by atoms with E-state index in [0.717, 1.165) is 22.4 Å². The highest BCUT2D eigenvalue weighted by Gasteiger charge is 2.31. The molecule has 31 heavy (non-hydrogen) atoms. The number of nitrogens with zero attached hydrogens (tertiary/aromatic N) is 2. The molecule has 3 aromatic carbocycles. The second-order valence-corrected chi connectivity index (χ2v) is 7.39. The molecule has 0 fully saturated rings. The van der Waals surface area contributed by atoms with Gasteiger partial charge in [0.2, 0.25) is 0 Å². The molecular weight excluding hydrogens is 392 g/mol. The minimum absolute atomic E-state index is 0.0522. The van der Waals surface area contributed by atoms with E-state index in [1.807, 2.05) is 59.6 Å². The van der Waals surface area contributed by atoms with Crippen molar-refractivity contribution in [1.29, 1.82) is 0 Å². The number of hydrogen-bond acceptors (Lipinski definition) is 6. The lowest BCUT2D eigenvalue weighted by atomic mass is 9.98. The van der Waals surface area contributed by atoms with Crippen molar-refractivity contribution in [3.8, 4) is 11.5 Å². The third kappa shape index (κ3) is 3.53. The fourth-order valence-corrected chi connectivity index (χ4v) is 3.88. The van der Waals surface area contributed by atoms with E-state index < -0.39 is 5.63 Å². The maximum absolute atomic E-state index is 12.7. The number of fused-ring (bicyclic) bond motifs is 1. The highest BCUT2D eigenvalue weighted by Crippen LogP contribution is 2.37. The van der Waals surface area contributed by atoms with Crippen molar-refractivity contribution in [3.63, 3.8) is 0 Å². The van der Waals surface area contributed by atoms with Crippen LogP contribution in [-0.2, 0) is 0 Å². The van der Waals surface area contributed by atoms with Crippen LogP contribution in [0.1, 0.15) is 23.6 Å². The van der Waals surface area contributed by atoms with Crippen molar-refractivity contribution in [2.45, 2.75) is 12.5 Å². The van der Waals surface area contributed by atoms with Gasteiger partial charge in [0.05, 0.1) is 30.1 Å². The third-order valence-corrected chi connectivity index (χ3v) is 5.46. The van der Waals surface area contributed by atoms with Crippen LogP contribution in [0.5, 0.6) is 11.5 Å². The molecule has 1 aromatic heterocycles. The van der Waals surface area contributed by atoms with Gasteiger partial charge in [-0.3, -0.25) is 5.01 Å². The van der Waals surface area contributed by atoms with Crippen LogP contribution in [0.4, 0.5) is 5.69 Å². The van der Waals surface area contributed by atoms with Crippen LogP contribution in [0.3, 0.4) is 0 Å². The quantitative estimate of drug-likeness (QED) is 0.485. The molecule has 5 rings (SSSR count). The fraction of sp³-hybridized carbons (Fsp3) is 0.120. The van der Waals surface area contributed by atoms with Gasteiger partial charge < -0.3 is 14.3 Å². The van der Waals surface area contributed by atoms with E-state index in [9.17, 15) is 9.90 Å². The fourth-order valence-electron chi connectivity index (χ4n) is 3.88. The molecule has 1 atom stereocenters. The van der Waals surface area contributed by atoms with E-state index in [2.05, 4.69) is 0 Å². The van der Waals surface area contributed by atoms with Gasteiger partial charge in [0.25, 0.3) is 0 Å². The highest BCUT2D eigenvalue weighted by atomic mass is 16.5. The summed E-state index contributed by atoms with van der Waals surface area (Å²) in [5.41, 5.74) is 2.97. The van der Waals surface area contributed by atoms with E-state index in [0.29, 0.717) is 23.3 Å². The van der Waals surface area contributed by atoms with E-state index >= 15 is 0 Å². The lowest BCUT2D eigenvalue weighted by Crippen LogP contribution is -2.18. The molecule has 4 aromatic rings. The first kappa shape index (κ1) is 18.9. The molecule has 0 amide bonds. The number of anilines is 1. The number of phenols is 1. The summed E-state index contributed by atoms with van der Waals surface area (Å²) in [6.45, 7) is 0. The SMILES string of the molecule is COc1ccc(C2CC(c3cc4ccc(O)cc4oc3=O)=NN2c2ccccc2)cc1. The molecule has 1 aliphatic rings. The van der Waals surface area contributed by atoms with Crippen LogP contribution >= 0.6 is 0 Å². The molecule has 6 nitrogen and oxygen atoms in total. The predicted molar refractivity (Wildman–Crippen MR) is 120 cm³/mol. The minimum Gasteiger partial charge on any atom is -0.508 e. The molecule has 154 valence electrons. The second kappa shape index (κ2) is 7.65. The number of hydrogen-bond donors (Lipinski definition) is 1. The van der Waals surface area contributed by atoms with Crippen molar-refractivity contribution in [1.82, 2.24) is 0 Å². The number of phenolic OH excluding ortho intramolecular Hbond substituents is 1. The molecule has 2 heterocycles. The number of hydrazone groups is 1. The van der Waals surface area contributed by atoms with E-state index in [-0.39, 0.29) is 11.8 Å². The average molecular weight is 412 g/mol. The largest absolute Gasteiger partial charge is 0.508 e. The Kier molecular flexibility index (Phi) is 4.67. The summed E-state index contributed by atoms with van der Waals surface area (Å²) < 4.78 is 10.8. The third-order valence-electron chi connectivity index (χ3n) is 5.46. The van der Waals surface area contributed by atoms with Gasteiger partial charge in [0, 0.05) is 17.9 Å².